The maximum Gasteiger partial charge on any atom is 0.168 e. The van der Waals surface area contributed by atoms with E-state index in [1.165, 1.54) is 19.3 Å². The van der Waals surface area contributed by atoms with Gasteiger partial charge >= 0.3 is 0 Å². The van der Waals surface area contributed by atoms with Crippen molar-refractivity contribution < 1.29 is 9.50 Å². The van der Waals surface area contributed by atoms with Crippen molar-refractivity contribution in [2.45, 2.75) is 32.2 Å². The van der Waals surface area contributed by atoms with E-state index in [0.29, 0.717) is 11.5 Å². The summed E-state index contributed by atoms with van der Waals surface area (Å²) in [6, 6.07) is 3.87. The number of benzene rings is 1. The number of hydrogen-bond donors (Lipinski definition) is 2. The second-order valence-corrected chi connectivity index (χ2v) is 6.06. The summed E-state index contributed by atoms with van der Waals surface area (Å²) >= 11 is 0. The number of phenols is 1. The summed E-state index contributed by atoms with van der Waals surface area (Å²) in [4.78, 5) is 2.41. The summed E-state index contributed by atoms with van der Waals surface area (Å²) in [6.45, 7) is 5.57. The van der Waals surface area contributed by atoms with Crippen LogP contribution < -0.4 is 5.32 Å². The lowest BCUT2D eigenvalue weighted by atomic mass is 9.76. The zero-order valence-corrected chi connectivity index (χ0v) is 12.0. The minimum Gasteiger partial charge on any atom is -0.505 e. The minimum atomic E-state index is -0.457. The van der Waals surface area contributed by atoms with E-state index in [4.69, 9.17) is 0 Å². The van der Waals surface area contributed by atoms with Crippen LogP contribution in [0.1, 0.15) is 36.4 Å². The molecule has 1 heterocycles. The first-order valence-electron chi connectivity index (χ1n) is 7.61. The van der Waals surface area contributed by atoms with Gasteiger partial charge in [-0.1, -0.05) is 18.6 Å². The predicted octanol–water partition coefficient (Wildman–Crippen LogP) is 2.59. The average Bonchev–Trinajstić information content (AvgIpc) is 2.42. The van der Waals surface area contributed by atoms with Crippen molar-refractivity contribution in [3.8, 4) is 5.75 Å². The fourth-order valence-corrected chi connectivity index (χ4v) is 3.38. The fraction of sp³-hybridized carbons (Fsp3) is 0.625. The molecule has 1 saturated heterocycles. The quantitative estimate of drug-likeness (QED) is 0.892. The summed E-state index contributed by atoms with van der Waals surface area (Å²) in [6.07, 6.45) is 3.62. The molecule has 3 nitrogen and oxygen atoms in total. The highest BCUT2D eigenvalue weighted by Gasteiger charge is 2.35. The Morgan fingerprint density at radius 2 is 2.00 bits per heavy atom. The monoisotopic (exact) mass is 278 g/mol. The molecule has 1 saturated carbocycles. The van der Waals surface area contributed by atoms with Crippen LogP contribution >= 0.6 is 0 Å². The zero-order chi connectivity index (χ0) is 14.1. The van der Waals surface area contributed by atoms with E-state index in [2.05, 4.69) is 10.2 Å². The first kappa shape index (κ1) is 13.8. The Hall–Kier alpha value is -1.13. The fourth-order valence-electron chi connectivity index (χ4n) is 3.38. The van der Waals surface area contributed by atoms with Gasteiger partial charge in [-0.2, -0.15) is 0 Å². The molecule has 0 bridgehead atoms. The van der Waals surface area contributed by atoms with E-state index in [1.54, 1.807) is 13.0 Å². The number of rotatable bonds is 3. The van der Waals surface area contributed by atoms with Gasteiger partial charge in [-0.25, -0.2) is 4.39 Å². The van der Waals surface area contributed by atoms with Crippen molar-refractivity contribution in [1.82, 2.24) is 10.2 Å². The number of piperazine rings is 1. The Kier molecular flexibility index (Phi) is 3.94. The molecule has 1 aromatic rings. The highest BCUT2D eigenvalue weighted by atomic mass is 19.1. The van der Waals surface area contributed by atoms with Gasteiger partial charge in [0.05, 0.1) is 0 Å². The van der Waals surface area contributed by atoms with Gasteiger partial charge in [0.25, 0.3) is 0 Å². The molecule has 2 fully saturated rings. The molecule has 0 unspecified atom stereocenters. The molecule has 3 rings (SSSR count). The molecule has 0 radical (unpaired) electrons. The van der Waals surface area contributed by atoms with Crippen molar-refractivity contribution in [2.75, 3.05) is 26.2 Å². The minimum absolute atomic E-state index is 0.138. The second kappa shape index (κ2) is 5.70. The predicted molar refractivity (Wildman–Crippen MR) is 77.3 cm³/mol. The van der Waals surface area contributed by atoms with Crippen molar-refractivity contribution in [3.63, 3.8) is 0 Å². The molecule has 0 amide bonds. The Bertz CT molecular complexity index is 482. The molecule has 1 aliphatic carbocycles. The Balaban J connectivity index is 1.94. The number of aryl methyl sites for hydroxylation is 1. The lowest BCUT2D eigenvalue weighted by molar-refractivity contribution is 0.0815. The molecule has 0 spiro atoms. The molecule has 0 aromatic heterocycles. The average molecular weight is 278 g/mol. The molecule has 20 heavy (non-hydrogen) atoms. The summed E-state index contributed by atoms with van der Waals surface area (Å²) in [5.41, 5.74) is 1.29. The zero-order valence-electron chi connectivity index (χ0n) is 12.0. The van der Waals surface area contributed by atoms with Crippen LogP contribution in [-0.4, -0.2) is 36.2 Å². The van der Waals surface area contributed by atoms with Gasteiger partial charge in [0.2, 0.25) is 0 Å². The van der Waals surface area contributed by atoms with E-state index in [0.717, 1.165) is 31.7 Å². The summed E-state index contributed by atoms with van der Waals surface area (Å²) in [5.74, 6) is -0.0384. The van der Waals surface area contributed by atoms with E-state index in [-0.39, 0.29) is 11.8 Å². The Labute approximate surface area is 119 Å². The van der Waals surface area contributed by atoms with Gasteiger partial charge in [0.1, 0.15) is 0 Å². The Morgan fingerprint density at radius 3 is 2.60 bits per heavy atom. The third kappa shape index (κ3) is 2.42. The maximum absolute atomic E-state index is 14.0. The van der Waals surface area contributed by atoms with Crippen LogP contribution in [0.15, 0.2) is 12.1 Å². The lowest BCUT2D eigenvalue weighted by Crippen LogP contribution is -2.47. The molecular formula is C16H23FN2O. The van der Waals surface area contributed by atoms with Crippen molar-refractivity contribution in [3.05, 3.63) is 29.1 Å². The van der Waals surface area contributed by atoms with E-state index in [9.17, 15) is 9.50 Å². The van der Waals surface area contributed by atoms with E-state index >= 15 is 0 Å². The van der Waals surface area contributed by atoms with Gasteiger partial charge in [-0.3, -0.25) is 4.90 Å². The van der Waals surface area contributed by atoms with Crippen molar-refractivity contribution >= 4 is 0 Å². The largest absolute Gasteiger partial charge is 0.505 e. The number of nitrogens with one attached hydrogen (secondary N) is 1. The van der Waals surface area contributed by atoms with Gasteiger partial charge in [-0.15, -0.1) is 0 Å². The third-order valence-corrected chi connectivity index (χ3v) is 4.80. The van der Waals surface area contributed by atoms with Crippen LogP contribution in [0.4, 0.5) is 4.39 Å². The number of hydrogen-bond acceptors (Lipinski definition) is 3. The third-order valence-electron chi connectivity index (χ3n) is 4.80. The van der Waals surface area contributed by atoms with Crippen LogP contribution in [-0.2, 0) is 0 Å². The normalized spacial score (nSPS) is 22.5. The van der Waals surface area contributed by atoms with Gasteiger partial charge in [0.15, 0.2) is 11.6 Å². The molecule has 110 valence electrons. The molecule has 2 N–H and O–H groups in total. The second-order valence-electron chi connectivity index (χ2n) is 6.06. The Morgan fingerprint density at radius 1 is 1.30 bits per heavy atom. The number of halogens is 1. The number of aromatic hydroxyl groups is 1. The van der Waals surface area contributed by atoms with Crippen LogP contribution in [0.5, 0.6) is 5.75 Å². The van der Waals surface area contributed by atoms with E-state index < -0.39 is 5.82 Å². The van der Waals surface area contributed by atoms with Gasteiger partial charge in [0, 0.05) is 37.8 Å². The van der Waals surface area contributed by atoms with Crippen LogP contribution in [0.3, 0.4) is 0 Å². The highest BCUT2D eigenvalue weighted by Crippen LogP contribution is 2.44. The number of nitrogens with zero attached hydrogens (tertiary/aromatic N) is 1. The smallest absolute Gasteiger partial charge is 0.168 e. The van der Waals surface area contributed by atoms with Crippen LogP contribution in [0.2, 0.25) is 0 Å². The van der Waals surface area contributed by atoms with E-state index in [1.807, 2.05) is 6.07 Å². The molecule has 1 atom stereocenters. The SMILES string of the molecule is Cc1ccc([C@@H](C2CCC2)N2CCNCC2)c(O)c1F. The molecular weight excluding hydrogens is 255 g/mol. The van der Waals surface area contributed by atoms with Crippen LogP contribution in [0, 0.1) is 18.7 Å². The van der Waals surface area contributed by atoms with Crippen LogP contribution in [0.25, 0.3) is 0 Å². The summed E-state index contributed by atoms with van der Waals surface area (Å²) in [7, 11) is 0. The molecule has 2 aliphatic rings. The first-order chi connectivity index (χ1) is 9.68. The van der Waals surface area contributed by atoms with Crippen molar-refractivity contribution in [1.29, 1.82) is 0 Å². The topological polar surface area (TPSA) is 35.5 Å². The van der Waals surface area contributed by atoms with Gasteiger partial charge < -0.3 is 10.4 Å². The van der Waals surface area contributed by atoms with Gasteiger partial charge in [-0.05, 0) is 31.2 Å². The molecule has 1 aliphatic heterocycles. The summed E-state index contributed by atoms with van der Waals surface area (Å²) < 4.78 is 14.0. The first-order valence-corrected chi connectivity index (χ1v) is 7.61. The maximum atomic E-state index is 14.0. The molecule has 4 heteroatoms. The lowest BCUT2D eigenvalue weighted by Gasteiger charge is -2.43. The highest BCUT2D eigenvalue weighted by molar-refractivity contribution is 5.40. The standard InChI is InChI=1S/C16H23FN2O/c1-11-5-6-13(16(20)14(11)17)15(12-3-2-4-12)19-9-7-18-8-10-19/h5-6,12,15,18,20H,2-4,7-10H2,1H3/t15-/m1/s1. The number of phenolic OH excluding ortho intramolecular Hbond substituents is 1. The summed E-state index contributed by atoms with van der Waals surface area (Å²) in [5, 5.41) is 13.6. The molecule has 1 aromatic carbocycles. The van der Waals surface area contributed by atoms with Crippen molar-refractivity contribution in [2.24, 2.45) is 5.92 Å².